The van der Waals surface area contributed by atoms with Gasteiger partial charge in [0.15, 0.2) is 0 Å². The lowest BCUT2D eigenvalue weighted by atomic mass is 9.87. The van der Waals surface area contributed by atoms with Crippen molar-refractivity contribution in [3.8, 4) is 27.1 Å². The van der Waals surface area contributed by atoms with Crippen molar-refractivity contribution in [3.05, 3.63) is 72.1 Å². The Morgan fingerprint density at radius 1 is 0.767 bits per heavy atom. The first-order chi connectivity index (χ1) is 29.3. The summed E-state index contributed by atoms with van der Waals surface area (Å²) in [4.78, 5) is 63.9. The molecule has 324 valence electrons. The van der Waals surface area contributed by atoms with Crippen LogP contribution in [0.25, 0.3) is 20.1 Å². The molecule has 0 amide bonds. The van der Waals surface area contributed by atoms with Crippen LogP contribution in [0.1, 0.15) is 100 Å². The van der Waals surface area contributed by atoms with Crippen LogP contribution in [0, 0.1) is 11.8 Å². The molecule has 2 aromatic heterocycles. The number of carbonyl (C=O) groups excluding carboxylic acids is 5. The first kappa shape index (κ1) is 47.9. The SMILES string of the molecule is C=CC=O.COCCC=O.COCCCCCCOc1ccc(OC(=O)C2CCC(OC(=O)c3ccc(OC(=O)C4CCCCC4)c4sc(-c5cccs5)nc34)CC2)cc1. The molecule has 0 atom stereocenters. The van der Waals surface area contributed by atoms with E-state index >= 15 is 0 Å². The first-order valence-corrected chi connectivity index (χ1v) is 22.3. The van der Waals surface area contributed by atoms with E-state index in [4.69, 9.17) is 33.5 Å². The molecule has 2 saturated carbocycles. The number of unbranched alkanes of at least 4 members (excludes halogenated alkanes) is 3. The fraction of sp³-hybridized carbons (Fsp3) is 0.478. The summed E-state index contributed by atoms with van der Waals surface area (Å²) < 4.78 is 33.7. The van der Waals surface area contributed by atoms with Gasteiger partial charge in [0.2, 0.25) is 0 Å². The molecule has 0 aliphatic heterocycles. The zero-order chi connectivity index (χ0) is 43.0. The smallest absolute Gasteiger partial charge is 0.340 e. The van der Waals surface area contributed by atoms with Crippen LogP contribution < -0.4 is 14.2 Å². The summed E-state index contributed by atoms with van der Waals surface area (Å²) in [6.07, 6.45) is 14.3. The Hall–Kier alpha value is -4.76. The minimum Gasteiger partial charge on any atom is -0.494 e. The highest BCUT2D eigenvalue weighted by Gasteiger charge is 2.31. The van der Waals surface area contributed by atoms with E-state index in [0.29, 0.717) is 78.9 Å². The molecular weight excluding hydrogens is 807 g/mol. The fourth-order valence-electron chi connectivity index (χ4n) is 6.76. The van der Waals surface area contributed by atoms with Gasteiger partial charge in [-0.1, -0.05) is 38.3 Å². The Bertz CT molecular complexity index is 1910. The molecule has 12 nitrogen and oxygen atoms in total. The number of esters is 3. The van der Waals surface area contributed by atoms with Gasteiger partial charge in [0.05, 0.1) is 40.2 Å². The van der Waals surface area contributed by atoms with Gasteiger partial charge < -0.3 is 33.2 Å². The molecule has 2 aliphatic carbocycles. The Labute approximate surface area is 360 Å². The zero-order valence-corrected chi connectivity index (χ0v) is 36.3. The van der Waals surface area contributed by atoms with Crippen LogP contribution >= 0.6 is 22.7 Å². The molecule has 0 unspecified atom stereocenters. The van der Waals surface area contributed by atoms with Crippen LogP contribution in [0.5, 0.6) is 17.2 Å². The number of rotatable bonds is 19. The van der Waals surface area contributed by atoms with Gasteiger partial charge >= 0.3 is 17.9 Å². The maximum absolute atomic E-state index is 13.6. The number of hydrogen-bond donors (Lipinski definition) is 0. The van der Waals surface area contributed by atoms with Crippen LogP contribution in [0.15, 0.2) is 66.6 Å². The molecule has 0 saturated heterocycles. The lowest BCUT2D eigenvalue weighted by Crippen LogP contribution is -2.30. The number of aldehydes is 2. The molecular formula is C46H57NO11S2. The number of nitrogens with zero attached hydrogens (tertiary/aromatic N) is 1. The van der Waals surface area contributed by atoms with E-state index in [9.17, 15) is 19.2 Å². The molecule has 0 spiro atoms. The zero-order valence-electron chi connectivity index (χ0n) is 34.6. The van der Waals surface area contributed by atoms with Crippen molar-refractivity contribution in [3.63, 3.8) is 0 Å². The molecule has 4 aromatic rings. The van der Waals surface area contributed by atoms with Crippen molar-refractivity contribution < 1.29 is 52.4 Å². The second kappa shape index (κ2) is 27.2. The molecule has 0 radical (unpaired) electrons. The van der Waals surface area contributed by atoms with Gasteiger partial charge in [-0.05, 0) is 112 Å². The third-order valence-corrected chi connectivity index (χ3v) is 12.1. The maximum Gasteiger partial charge on any atom is 0.340 e. The van der Waals surface area contributed by atoms with Crippen molar-refractivity contribution >= 4 is 63.4 Å². The molecule has 60 heavy (non-hydrogen) atoms. The number of aromatic nitrogens is 1. The molecule has 2 fully saturated rings. The van der Waals surface area contributed by atoms with Crippen molar-refractivity contribution in [1.82, 2.24) is 4.98 Å². The summed E-state index contributed by atoms with van der Waals surface area (Å²) in [5.41, 5.74) is 0.816. The number of ether oxygens (including phenoxy) is 6. The molecule has 2 aromatic carbocycles. The molecule has 0 bridgehead atoms. The monoisotopic (exact) mass is 863 g/mol. The van der Waals surface area contributed by atoms with E-state index in [2.05, 4.69) is 11.3 Å². The van der Waals surface area contributed by atoms with Crippen molar-refractivity contribution in [1.29, 1.82) is 0 Å². The summed E-state index contributed by atoms with van der Waals surface area (Å²) in [6.45, 7) is 5.09. The van der Waals surface area contributed by atoms with Crippen LogP contribution in [0.3, 0.4) is 0 Å². The molecule has 6 rings (SSSR count). The van der Waals surface area contributed by atoms with Crippen molar-refractivity contribution in [2.75, 3.05) is 34.0 Å². The van der Waals surface area contributed by atoms with E-state index in [-0.39, 0.29) is 29.9 Å². The Morgan fingerprint density at radius 2 is 1.42 bits per heavy atom. The van der Waals surface area contributed by atoms with Crippen LogP contribution in [0.2, 0.25) is 0 Å². The minimum absolute atomic E-state index is 0.0998. The fourth-order valence-corrected chi connectivity index (χ4v) is 8.59. The number of carbonyl (C=O) groups is 5. The van der Waals surface area contributed by atoms with E-state index in [1.165, 1.54) is 17.4 Å². The summed E-state index contributed by atoms with van der Waals surface area (Å²) in [5, 5.41) is 2.74. The number of allylic oxidation sites excluding steroid dienone is 1. The second-order valence-electron chi connectivity index (χ2n) is 14.4. The van der Waals surface area contributed by atoms with Gasteiger partial charge in [0.25, 0.3) is 0 Å². The van der Waals surface area contributed by atoms with E-state index in [1.54, 1.807) is 49.8 Å². The predicted octanol–water partition coefficient (Wildman–Crippen LogP) is 10.0. The molecule has 2 aliphatic rings. The summed E-state index contributed by atoms with van der Waals surface area (Å²) in [5.74, 6) is 0.329. The Kier molecular flexibility index (Phi) is 21.7. The molecule has 0 N–H and O–H groups in total. The van der Waals surface area contributed by atoms with Crippen LogP contribution in [-0.2, 0) is 33.4 Å². The lowest BCUT2D eigenvalue weighted by Gasteiger charge is -2.27. The quantitative estimate of drug-likeness (QED) is 0.0290. The van der Waals surface area contributed by atoms with E-state index in [1.807, 2.05) is 29.6 Å². The highest BCUT2D eigenvalue weighted by molar-refractivity contribution is 7.25. The third kappa shape index (κ3) is 15.7. The van der Waals surface area contributed by atoms with E-state index < -0.39 is 5.97 Å². The maximum atomic E-state index is 13.6. The lowest BCUT2D eigenvalue weighted by molar-refractivity contribution is -0.141. The summed E-state index contributed by atoms with van der Waals surface area (Å²) >= 11 is 2.98. The highest BCUT2D eigenvalue weighted by atomic mass is 32.1. The highest BCUT2D eigenvalue weighted by Crippen LogP contribution is 2.40. The van der Waals surface area contributed by atoms with Gasteiger partial charge in [-0.2, -0.15) is 0 Å². The summed E-state index contributed by atoms with van der Waals surface area (Å²) in [7, 11) is 3.29. The van der Waals surface area contributed by atoms with E-state index in [0.717, 1.165) is 86.3 Å². The number of benzene rings is 2. The van der Waals surface area contributed by atoms with Crippen molar-refractivity contribution in [2.24, 2.45) is 11.8 Å². The average Bonchev–Trinajstić information content (AvgIpc) is 3.99. The van der Waals surface area contributed by atoms with Gasteiger partial charge in [0.1, 0.15) is 46.4 Å². The standard InChI is InChI=1S/C39H45NO8S2.C4H8O2.C3H4O/c1-44-23-7-2-3-8-24-45-28-17-19-30(20-18-28)46-37(41)27-13-15-29(16-14-27)47-39(43)31-21-22-32(48-38(42)26-10-5-4-6-11-26)35-34(31)40-36(50-35)33-12-9-25-49-33;1-6-4-2-3-5;1-2-3-4/h9,12,17-22,25-27,29H,2-8,10-11,13-16,23-24H2,1H3;3H,2,4H2,1H3;2-3H,1H2. The predicted molar refractivity (Wildman–Crippen MR) is 233 cm³/mol. The normalized spacial score (nSPS) is 16.2. The molecule has 14 heteroatoms. The largest absolute Gasteiger partial charge is 0.494 e. The number of hydrogen-bond acceptors (Lipinski definition) is 14. The van der Waals surface area contributed by atoms with Gasteiger partial charge in [-0.15, -0.1) is 22.7 Å². The van der Waals surface area contributed by atoms with Crippen molar-refractivity contribution in [2.45, 2.75) is 96.0 Å². The number of thiophene rings is 1. The Balaban J connectivity index is 0.000000711. The van der Waals surface area contributed by atoms with Crippen LogP contribution in [0.4, 0.5) is 0 Å². The second-order valence-corrected chi connectivity index (χ2v) is 16.3. The number of fused-ring (bicyclic) bond motifs is 1. The summed E-state index contributed by atoms with van der Waals surface area (Å²) in [6, 6.07) is 14.4. The molecule has 2 heterocycles. The number of methoxy groups -OCH3 is 2. The topological polar surface area (TPSA) is 154 Å². The van der Waals surface area contributed by atoms with Gasteiger partial charge in [-0.3, -0.25) is 14.4 Å². The van der Waals surface area contributed by atoms with Gasteiger partial charge in [-0.25, -0.2) is 9.78 Å². The Morgan fingerprint density at radius 3 is 2.03 bits per heavy atom. The first-order valence-electron chi connectivity index (χ1n) is 20.6. The third-order valence-electron chi connectivity index (χ3n) is 9.98. The average molecular weight is 864 g/mol. The number of thiazole rings is 1. The minimum atomic E-state index is -0.470. The van der Waals surface area contributed by atoms with Crippen LogP contribution in [-0.4, -0.2) is 75.6 Å². The van der Waals surface area contributed by atoms with Gasteiger partial charge in [0, 0.05) is 27.2 Å².